The number of nitrogens with zero attached hydrogens (tertiary/aromatic N) is 1. The molecule has 0 aromatic heterocycles. The summed E-state index contributed by atoms with van der Waals surface area (Å²) in [6.07, 6.45) is 0. The van der Waals surface area contributed by atoms with Crippen molar-refractivity contribution >= 4 is 17.4 Å². The first kappa shape index (κ1) is 14.4. The maximum atomic E-state index is 11.4. The van der Waals surface area contributed by atoms with Crippen LogP contribution in [0.1, 0.15) is 27.6 Å². The number of carbonyl (C=O) groups is 2. The molecule has 106 valence electrons. The Kier molecular flexibility index (Phi) is 3.80. The van der Waals surface area contributed by atoms with E-state index in [0.717, 1.165) is 6.07 Å². The van der Waals surface area contributed by atoms with Crippen molar-refractivity contribution in [1.82, 2.24) is 0 Å². The Morgan fingerprint density at radius 3 is 2.43 bits per heavy atom. The molecular weight excluding hydrogens is 274 g/mol. The van der Waals surface area contributed by atoms with Crippen molar-refractivity contribution in [1.29, 1.82) is 0 Å². The fourth-order valence-electron chi connectivity index (χ4n) is 1.98. The molecule has 6 heteroatoms. The summed E-state index contributed by atoms with van der Waals surface area (Å²) in [6.45, 7) is 1.39. The molecule has 2 rings (SSSR count). The van der Waals surface area contributed by atoms with Gasteiger partial charge in [-0.05, 0) is 24.6 Å². The number of hydrogen-bond acceptors (Lipinski definition) is 4. The fraction of sp³-hybridized carbons (Fsp3) is 0.0667. The lowest BCUT2D eigenvalue weighted by Crippen LogP contribution is -2.01. The number of carbonyl (C=O) groups excluding carboxylic acids is 1. The van der Waals surface area contributed by atoms with Gasteiger partial charge < -0.3 is 5.11 Å². The fourth-order valence-corrected chi connectivity index (χ4v) is 1.98. The average molecular weight is 285 g/mol. The molecule has 0 atom stereocenters. The van der Waals surface area contributed by atoms with Crippen molar-refractivity contribution in [3.05, 3.63) is 63.7 Å². The van der Waals surface area contributed by atoms with Gasteiger partial charge >= 0.3 is 5.97 Å². The lowest BCUT2D eigenvalue weighted by Gasteiger charge is -2.07. The zero-order chi connectivity index (χ0) is 15.6. The van der Waals surface area contributed by atoms with Gasteiger partial charge in [0.1, 0.15) is 0 Å². The van der Waals surface area contributed by atoms with Gasteiger partial charge in [-0.1, -0.05) is 18.2 Å². The smallest absolute Gasteiger partial charge is 0.336 e. The zero-order valence-corrected chi connectivity index (χ0v) is 11.1. The van der Waals surface area contributed by atoms with Gasteiger partial charge in [0.25, 0.3) is 5.69 Å². The van der Waals surface area contributed by atoms with Crippen LogP contribution in [0.5, 0.6) is 0 Å². The third kappa shape index (κ3) is 2.94. The molecule has 21 heavy (non-hydrogen) atoms. The van der Waals surface area contributed by atoms with E-state index in [0.29, 0.717) is 11.1 Å². The number of Topliss-reactive ketones (excluding diaryl/α,β-unsaturated/α-hetero) is 1. The number of ketones is 1. The van der Waals surface area contributed by atoms with Gasteiger partial charge in [0, 0.05) is 23.3 Å². The molecule has 0 aliphatic heterocycles. The van der Waals surface area contributed by atoms with E-state index in [-0.39, 0.29) is 22.6 Å². The summed E-state index contributed by atoms with van der Waals surface area (Å²) in [4.78, 5) is 32.9. The number of carboxylic acid groups (broad SMARTS) is 1. The summed E-state index contributed by atoms with van der Waals surface area (Å²) in [5.74, 6) is -1.35. The largest absolute Gasteiger partial charge is 0.478 e. The summed E-state index contributed by atoms with van der Waals surface area (Å²) in [5.41, 5.74) is 0.809. The summed E-state index contributed by atoms with van der Waals surface area (Å²) in [7, 11) is 0. The first-order valence-electron chi connectivity index (χ1n) is 6.03. The minimum absolute atomic E-state index is 0.0543. The van der Waals surface area contributed by atoms with Crippen LogP contribution in [0.4, 0.5) is 5.69 Å². The van der Waals surface area contributed by atoms with E-state index >= 15 is 0 Å². The highest BCUT2D eigenvalue weighted by Gasteiger charge is 2.17. The van der Waals surface area contributed by atoms with Crippen molar-refractivity contribution in [3.8, 4) is 11.1 Å². The van der Waals surface area contributed by atoms with Crippen molar-refractivity contribution < 1.29 is 19.6 Å². The zero-order valence-electron chi connectivity index (χ0n) is 11.1. The minimum Gasteiger partial charge on any atom is -0.478 e. The lowest BCUT2D eigenvalue weighted by molar-refractivity contribution is -0.384. The lowest BCUT2D eigenvalue weighted by atomic mass is 9.96. The number of non-ortho nitro benzene ring substituents is 1. The molecule has 0 aliphatic rings. The number of nitro benzene ring substituents is 1. The Morgan fingerprint density at radius 1 is 1.14 bits per heavy atom. The predicted octanol–water partition coefficient (Wildman–Crippen LogP) is 3.16. The molecule has 0 fully saturated rings. The second kappa shape index (κ2) is 5.54. The van der Waals surface area contributed by atoms with Crippen LogP contribution in [0.2, 0.25) is 0 Å². The standard InChI is InChI=1S/C15H11NO5/c1-9(17)10-3-2-4-11(7-10)14-8-12(16(20)21)5-6-13(14)15(18)19/h2-8H,1H3,(H,18,19). The van der Waals surface area contributed by atoms with E-state index in [4.69, 9.17) is 0 Å². The third-order valence-corrected chi connectivity index (χ3v) is 3.02. The topological polar surface area (TPSA) is 97.5 Å². The summed E-state index contributed by atoms with van der Waals surface area (Å²) >= 11 is 0. The monoisotopic (exact) mass is 285 g/mol. The van der Waals surface area contributed by atoms with Gasteiger partial charge in [0.2, 0.25) is 0 Å². The van der Waals surface area contributed by atoms with Crippen molar-refractivity contribution in [2.24, 2.45) is 0 Å². The highest BCUT2D eigenvalue weighted by molar-refractivity contribution is 5.99. The number of hydrogen-bond donors (Lipinski definition) is 1. The first-order valence-corrected chi connectivity index (χ1v) is 6.03. The van der Waals surface area contributed by atoms with Crippen LogP contribution < -0.4 is 0 Å². The van der Waals surface area contributed by atoms with E-state index in [9.17, 15) is 24.8 Å². The Bertz CT molecular complexity index is 751. The van der Waals surface area contributed by atoms with Crippen LogP contribution in [0.3, 0.4) is 0 Å². The molecule has 2 aromatic rings. The van der Waals surface area contributed by atoms with Crippen LogP contribution in [0, 0.1) is 10.1 Å². The number of benzene rings is 2. The maximum absolute atomic E-state index is 11.4. The van der Waals surface area contributed by atoms with E-state index in [1.807, 2.05) is 0 Å². The third-order valence-electron chi connectivity index (χ3n) is 3.02. The van der Waals surface area contributed by atoms with Crippen LogP contribution >= 0.6 is 0 Å². The normalized spacial score (nSPS) is 10.1. The van der Waals surface area contributed by atoms with Crippen LogP contribution in [0.15, 0.2) is 42.5 Å². The quantitative estimate of drug-likeness (QED) is 0.528. The van der Waals surface area contributed by atoms with Crippen LogP contribution in [-0.2, 0) is 0 Å². The molecule has 0 unspecified atom stereocenters. The molecule has 0 radical (unpaired) electrons. The molecule has 0 bridgehead atoms. The molecule has 0 spiro atoms. The molecule has 0 amide bonds. The average Bonchev–Trinajstić information content (AvgIpc) is 2.46. The molecule has 0 saturated carbocycles. The Morgan fingerprint density at radius 2 is 1.86 bits per heavy atom. The van der Waals surface area contributed by atoms with Crippen LogP contribution in [-0.4, -0.2) is 21.8 Å². The minimum atomic E-state index is -1.19. The van der Waals surface area contributed by atoms with Gasteiger partial charge in [0.05, 0.1) is 10.5 Å². The van der Waals surface area contributed by atoms with E-state index in [2.05, 4.69) is 0 Å². The highest BCUT2D eigenvalue weighted by atomic mass is 16.6. The molecule has 0 aliphatic carbocycles. The van der Waals surface area contributed by atoms with E-state index in [1.54, 1.807) is 18.2 Å². The predicted molar refractivity (Wildman–Crippen MR) is 75.5 cm³/mol. The number of nitro groups is 1. The van der Waals surface area contributed by atoms with E-state index < -0.39 is 10.9 Å². The molecule has 1 N–H and O–H groups in total. The number of rotatable bonds is 4. The molecule has 0 saturated heterocycles. The number of aromatic carboxylic acids is 1. The van der Waals surface area contributed by atoms with Gasteiger partial charge in [0.15, 0.2) is 5.78 Å². The highest BCUT2D eigenvalue weighted by Crippen LogP contribution is 2.29. The van der Waals surface area contributed by atoms with Crippen molar-refractivity contribution in [2.45, 2.75) is 6.92 Å². The maximum Gasteiger partial charge on any atom is 0.336 e. The van der Waals surface area contributed by atoms with E-state index in [1.165, 1.54) is 25.1 Å². The second-order valence-electron chi connectivity index (χ2n) is 4.43. The first-order chi connectivity index (χ1) is 9.90. The van der Waals surface area contributed by atoms with Gasteiger partial charge in [-0.2, -0.15) is 0 Å². The summed E-state index contributed by atoms with van der Waals surface area (Å²) < 4.78 is 0. The molecule has 6 nitrogen and oxygen atoms in total. The van der Waals surface area contributed by atoms with Gasteiger partial charge in [-0.15, -0.1) is 0 Å². The van der Waals surface area contributed by atoms with Crippen molar-refractivity contribution in [2.75, 3.05) is 0 Å². The Balaban J connectivity index is 2.68. The molecule has 0 heterocycles. The van der Waals surface area contributed by atoms with Gasteiger partial charge in [-0.25, -0.2) is 4.79 Å². The van der Waals surface area contributed by atoms with Crippen molar-refractivity contribution in [3.63, 3.8) is 0 Å². The molecular formula is C15H11NO5. The van der Waals surface area contributed by atoms with Crippen LogP contribution in [0.25, 0.3) is 11.1 Å². The second-order valence-corrected chi connectivity index (χ2v) is 4.43. The summed E-state index contributed by atoms with van der Waals surface area (Å²) in [5, 5.41) is 20.0. The Labute approximate surface area is 119 Å². The van der Waals surface area contributed by atoms with Gasteiger partial charge in [-0.3, -0.25) is 14.9 Å². The summed E-state index contributed by atoms with van der Waals surface area (Å²) in [6, 6.07) is 9.87. The Hall–Kier alpha value is -3.02. The SMILES string of the molecule is CC(=O)c1cccc(-c2cc([N+](=O)[O-])ccc2C(=O)O)c1. The molecule has 2 aromatic carbocycles. The number of carboxylic acids is 1.